The van der Waals surface area contributed by atoms with Crippen molar-refractivity contribution in [2.45, 2.75) is 13.0 Å². The van der Waals surface area contributed by atoms with Gasteiger partial charge in [-0.3, -0.25) is 4.79 Å². The van der Waals surface area contributed by atoms with Crippen molar-refractivity contribution in [1.29, 1.82) is 0 Å². The molecule has 0 unspecified atom stereocenters. The molecule has 4 rings (SSSR count). The smallest absolute Gasteiger partial charge is 0.230 e. The predicted octanol–water partition coefficient (Wildman–Crippen LogP) is 5.27. The maximum Gasteiger partial charge on any atom is 0.230 e. The molecule has 0 saturated carbocycles. The highest BCUT2D eigenvalue weighted by Crippen LogP contribution is 2.22. The van der Waals surface area contributed by atoms with E-state index < -0.39 is 17.5 Å². The van der Waals surface area contributed by atoms with Crippen LogP contribution in [-0.4, -0.2) is 21.0 Å². The fraction of sp³-hybridized carbons (Fsp3) is 0.0741. The summed E-state index contributed by atoms with van der Waals surface area (Å²) in [5.74, 6) is -2.16. The molecule has 1 heterocycles. The number of hydrogen-bond acceptors (Lipinski definition) is 4. The fourth-order valence-electron chi connectivity index (χ4n) is 3.29. The van der Waals surface area contributed by atoms with Gasteiger partial charge in [-0.25, -0.2) is 18.7 Å². The molecular formula is C27H21F2N3O2. The first-order valence-corrected chi connectivity index (χ1v) is 10.6. The Hall–Kier alpha value is -4.23. The lowest BCUT2D eigenvalue weighted by Gasteiger charge is -2.10. The molecular weight excluding hydrogens is 436 g/mol. The van der Waals surface area contributed by atoms with Crippen LogP contribution in [0.4, 0.5) is 14.6 Å². The molecule has 4 aromatic rings. The summed E-state index contributed by atoms with van der Waals surface area (Å²) in [4.78, 5) is 21.6. The Labute approximate surface area is 195 Å². The molecule has 0 radical (unpaired) electrons. The molecule has 0 spiro atoms. The highest BCUT2D eigenvalue weighted by molar-refractivity contribution is 5.93. The molecule has 1 aromatic heterocycles. The molecule has 2 N–H and O–H groups in total. The second kappa shape index (κ2) is 10.6. The first kappa shape index (κ1) is 22.9. The van der Waals surface area contributed by atoms with Crippen molar-refractivity contribution in [3.8, 4) is 11.3 Å². The van der Waals surface area contributed by atoms with E-state index in [1.165, 1.54) is 6.07 Å². The van der Waals surface area contributed by atoms with E-state index in [4.69, 9.17) is 0 Å². The predicted molar refractivity (Wildman–Crippen MR) is 127 cm³/mol. The maximum absolute atomic E-state index is 13.5. The Kier molecular flexibility index (Phi) is 7.15. The molecule has 0 saturated heterocycles. The molecule has 0 bridgehead atoms. The molecule has 0 fully saturated rings. The summed E-state index contributed by atoms with van der Waals surface area (Å²) in [5.41, 5.74) is 3.90. The van der Waals surface area contributed by atoms with E-state index >= 15 is 0 Å². The van der Waals surface area contributed by atoms with Crippen LogP contribution in [0, 0.1) is 11.6 Å². The highest BCUT2D eigenvalue weighted by atomic mass is 19.2. The topological polar surface area (TPSA) is 75.1 Å². The van der Waals surface area contributed by atoms with Gasteiger partial charge in [0.1, 0.15) is 5.69 Å². The summed E-state index contributed by atoms with van der Waals surface area (Å²) >= 11 is 0. The number of carbonyl (C=O) groups excluding carboxylic acids is 1. The van der Waals surface area contributed by atoms with Crippen LogP contribution in [0.15, 0.2) is 79.0 Å². The summed E-state index contributed by atoms with van der Waals surface area (Å²) in [6.45, 7) is -0.0556. The van der Waals surface area contributed by atoms with Gasteiger partial charge < -0.3 is 10.4 Å². The molecule has 1 amide bonds. The molecule has 0 aliphatic rings. The number of aromatic nitrogens is 2. The normalized spacial score (nSPS) is 11.0. The van der Waals surface area contributed by atoms with E-state index in [0.29, 0.717) is 17.0 Å². The number of aliphatic hydroxyl groups is 1. The SMILES string of the molecule is O=C(Cc1ccc(F)c(F)c1)Nc1ncc(-c2ccc(CO)cc2)nc1C=Cc1ccccc1. The maximum atomic E-state index is 13.5. The molecule has 0 aliphatic carbocycles. The number of nitrogens with one attached hydrogen (secondary N) is 1. The second-order valence-electron chi connectivity index (χ2n) is 7.56. The average Bonchev–Trinajstić information content (AvgIpc) is 2.86. The zero-order valence-electron chi connectivity index (χ0n) is 18.1. The summed E-state index contributed by atoms with van der Waals surface area (Å²) in [6.07, 6.45) is 5.00. The van der Waals surface area contributed by atoms with Crippen molar-refractivity contribution in [3.63, 3.8) is 0 Å². The zero-order valence-corrected chi connectivity index (χ0v) is 18.1. The first-order chi connectivity index (χ1) is 16.5. The van der Waals surface area contributed by atoms with E-state index in [-0.39, 0.29) is 18.8 Å². The van der Waals surface area contributed by atoms with E-state index in [1.807, 2.05) is 48.5 Å². The van der Waals surface area contributed by atoms with Crippen LogP contribution in [0.1, 0.15) is 22.4 Å². The number of benzene rings is 3. The van der Waals surface area contributed by atoms with Crippen LogP contribution in [0.2, 0.25) is 0 Å². The fourth-order valence-corrected chi connectivity index (χ4v) is 3.29. The lowest BCUT2D eigenvalue weighted by atomic mass is 10.1. The minimum absolute atomic E-state index is 0.0556. The molecule has 0 atom stereocenters. The third-order valence-corrected chi connectivity index (χ3v) is 5.07. The van der Waals surface area contributed by atoms with Gasteiger partial charge in [-0.1, -0.05) is 66.7 Å². The van der Waals surface area contributed by atoms with Crippen LogP contribution in [0.5, 0.6) is 0 Å². The van der Waals surface area contributed by atoms with E-state index in [9.17, 15) is 18.7 Å². The molecule has 5 nitrogen and oxygen atoms in total. The number of anilines is 1. The van der Waals surface area contributed by atoms with Gasteiger partial charge in [0.15, 0.2) is 17.5 Å². The number of aliphatic hydroxyl groups excluding tert-OH is 1. The average molecular weight is 457 g/mol. The summed E-state index contributed by atoms with van der Waals surface area (Å²) < 4.78 is 26.7. The van der Waals surface area contributed by atoms with Crippen LogP contribution >= 0.6 is 0 Å². The highest BCUT2D eigenvalue weighted by Gasteiger charge is 2.12. The Bertz CT molecular complexity index is 1320. The van der Waals surface area contributed by atoms with Crippen molar-refractivity contribution < 1.29 is 18.7 Å². The molecule has 7 heteroatoms. The molecule has 0 aliphatic heterocycles. The Balaban J connectivity index is 1.62. The largest absolute Gasteiger partial charge is 0.392 e. The molecule has 3 aromatic carbocycles. The van der Waals surface area contributed by atoms with Gasteiger partial charge >= 0.3 is 0 Å². The number of amides is 1. The van der Waals surface area contributed by atoms with Gasteiger partial charge in [-0.15, -0.1) is 0 Å². The number of carbonyl (C=O) groups is 1. The van der Waals surface area contributed by atoms with Gasteiger partial charge in [0.25, 0.3) is 0 Å². The van der Waals surface area contributed by atoms with Crippen LogP contribution in [0.25, 0.3) is 23.4 Å². The lowest BCUT2D eigenvalue weighted by Crippen LogP contribution is -2.17. The summed E-state index contributed by atoms with van der Waals surface area (Å²) in [6, 6.07) is 20.2. The number of halogens is 2. The minimum atomic E-state index is -1.01. The Morgan fingerprint density at radius 2 is 1.65 bits per heavy atom. The Morgan fingerprint density at radius 1 is 0.912 bits per heavy atom. The number of nitrogens with zero attached hydrogens (tertiary/aromatic N) is 2. The zero-order chi connectivity index (χ0) is 23.9. The van der Waals surface area contributed by atoms with Gasteiger partial charge in [-0.2, -0.15) is 0 Å². The summed E-state index contributed by atoms with van der Waals surface area (Å²) in [7, 11) is 0. The van der Waals surface area contributed by atoms with Crippen molar-refractivity contribution in [1.82, 2.24) is 9.97 Å². The lowest BCUT2D eigenvalue weighted by molar-refractivity contribution is -0.115. The monoisotopic (exact) mass is 457 g/mol. The van der Waals surface area contributed by atoms with Crippen molar-refractivity contribution >= 4 is 23.9 Å². The molecule has 34 heavy (non-hydrogen) atoms. The standard InChI is InChI=1S/C27H21F2N3O2/c28-22-12-8-20(14-23(22)29)15-26(34)32-27-24(13-9-18-4-2-1-3-5-18)31-25(16-30-27)21-10-6-19(17-33)7-11-21/h1-14,16,33H,15,17H2,(H,30,32,34). The van der Waals surface area contributed by atoms with Crippen LogP contribution in [0.3, 0.4) is 0 Å². The van der Waals surface area contributed by atoms with Crippen molar-refractivity contribution in [2.24, 2.45) is 0 Å². The van der Waals surface area contributed by atoms with E-state index in [1.54, 1.807) is 24.4 Å². The third kappa shape index (κ3) is 5.76. The van der Waals surface area contributed by atoms with Crippen LogP contribution < -0.4 is 5.32 Å². The van der Waals surface area contributed by atoms with Gasteiger partial charge in [0.05, 0.1) is 24.9 Å². The van der Waals surface area contributed by atoms with Gasteiger partial charge in [-0.05, 0) is 34.9 Å². The Morgan fingerprint density at radius 3 is 2.35 bits per heavy atom. The molecule has 170 valence electrons. The first-order valence-electron chi connectivity index (χ1n) is 10.6. The summed E-state index contributed by atoms with van der Waals surface area (Å²) in [5, 5.41) is 12.0. The van der Waals surface area contributed by atoms with E-state index in [2.05, 4.69) is 15.3 Å². The minimum Gasteiger partial charge on any atom is -0.392 e. The van der Waals surface area contributed by atoms with E-state index in [0.717, 1.165) is 28.8 Å². The van der Waals surface area contributed by atoms with Crippen molar-refractivity contribution in [2.75, 3.05) is 5.32 Å². The van der Waals surface area contributed by atoms with Gasteiger partial charge in [0.2, 0.25) is 5.91 Å². The second-order valence-corrected chi connectivity index (χ2v) is 7.56. The van der Waals surface area contributed by atoms with Gasteiger partial charge in [0, 0.05) is 5.56 Å². The number of hydrogen-bond donors (Lipinski definition) is 2. The quantitative estimate of drug-likeness (QED) is 0.397. The third-order valence-electron chi connectivity index (χ3n) is 5.07. The van der Waals surface area contributed by atoms with Crippen molar-refractivity contribution in [3.05, 3.63) is 113 Å². The van der Waals surface area contributed by atoms with Crippen LogP contribution in [-0.2, 0) is 17.8 Å². The number of rotatable bonds is 7.